The first kappa shape index (κ1) is 35.4. The van der Waals surface area contributed by atoms with Crippen molar-refractivity contribution < 1.29 is 0 Å². The second kappa shape index (κ2) is 12.1. The molecule has 0 aliphatic heterocycles. The van der Waals surface area contributed by atoms with E-state index in [4.69, 9.17) is 11.6 Å². The van der Waals surface area contributed by atoms with Crippen LogP contribution in [-0.2, 0) is 16.2 Å². The lowest BCUT2D eigenvalue weighted by molar-refractivity contribution is -0.0399. The van der Waals surface area contributed by atoms with Crippen molar-refractivity contribution in [2.75, 3.05) is 4.90 Å². The van der Waals surface area contributed by atoms with Crippen LogP contribution in [0.25, 0.3) is 44.5 Å². The molecule has 7 aliphatic carbocycles. The van der Waals surface area contributed by atoms with Crippen LogP contribution in [-0.4, -0.2) is 0 Å². The Hall–Kier alpha value is -5.37. The summed E-state index contributed by atoms with van der Waals surface area (Å²) < 4.78 is 0. The van der Waals surface area contributed by atoms with Gasteiger partial charge in [0.05, 0.1) is 0 Å². The molecule has 7 aliphatic rings. The molecule has 0 heterocycles. The molecule has 0 atom stereocenters. The third-order valence-corrected chi connectivity index (χ3v) is 17.0. The van der Waals surface area contributed by atoms with Gasteiger partial charge < -0.3 is 4.90 Å². The van der Waals surface area contributed by atoms with Crippen molar-refractivity contribution in [2.24, 2.45) is 23.7 Å². The van der Waals surface area contributed by atoms with Crippen LogP contribution in [0.1, 0.15) is 93.2 Å². The number of anilines is 3. The summed E-state index contributed by atoms with van der Waals surface area (Å²) in [5.41, 5.74) is 22.7. The molecule has 0 N–H and O–H groups in total. The molecule has 0 unspecified atom stereocenters. The SMILES string of the molecule is CC1(C)c2ccccc2-c2ccc(N(c3ccc(-c4ccc5c(c4)C4(c6cccc(Cl)c6-5)C5CC6CC(C5)CC4C6)cc3)c3ccc4c(c3)C(C)(C)c3ccccc3-4)cc21. The molecule has 0 amide bonds. The smallest absolute Gasteiger partial charge is 0.0487 e. The number of halogens is 1. The number of fused-ring (bicyclic) bond motifs is 9. The molecule has 1 nitrogen and oxygen atoms in total. The first-order valence-electron chi connectivity index (χ1n) is 22.5. The van der Waals surface area contributed by atoms with Crippen LogP contribution in [0.3, 0.4) is 0 Å². The molecule has 0 radical (unpaired) electrons. The summed E-state index contributed by atoms with van der Waals surface area (Å²) in [4.78, 5) is 2.49. The maximum Gasteiger partial charge on any atom is 0.0487 e. The summed E-state index contributed by atoms with van der Waals surface area (Å²) in [6.07, 6.45) is 6.92. The van der Waals surface area contributed by atoms with Gasteiger partial charge in [0.1, 0.15) is 0 Å². The van der Waals surface area contributed by atoms with E-state index in [1.54, 1.807) is 5.56 Å². The van der Waals surface area contributed by atoms with Gasteiger partial charge in [-0.1, -0.05) is 136 Å². The topological polar surface area (TPSA) is 3.24 Å². The second-order valence-corrected chi connectivity index (χ2v) is 20.7. The van der Waals surface area contributed by atoms with E-state index >= 15 is 0 Å². The molecule has 7 aromatic rings. The lowest BCUT2D eigenvalue weighted by atomic mass is 9.43. The molecule has 14 rings (SSSR count). The Labute approximate surface area is 360 Å². The molecule has 294 valence electrons. The van der Waals surface area contributed by atoms with Gasteiger partial charge in [-0.05, 0) is 177 Å². The zero-order valence-electron chi connectivity index (χ0n) is 35.0. The summed E-state index contributed by atoms with van der Waals surface area (Å²) in [5, 5.41) is 0.911. The molecule has 0 saturated heterocycles. The molecule has 7 aromatic carbocycles. The predicted molar refractivity (Wildman–Crippen MR) is 250 cm³/mol. The van der Waals surface area contributed by atoms with Crippen molar-refractivity contribution in [1.29, 1.82) is 0 Å². The molecular weight excluding hydrogens is 746 g/mol. The number of hydrogen-bond acceptors (Lipinski definition) is 1. The first-order chi connectivity index (χ1) is 29.1. The molecule has 4 bridgehead atoms. The van der Waals surface area contributed by atoms with Crippen molar-refractivity contribution in [2.45, 2.75) is 76.0 Å². The molecular formula is C58H50ClN. The van der Waals surface area contributed by atoms with Gasteiger partial charge in [0.15, 0.2) is 0 Å². The van der Waals surface area contributed by atoms with Crippen LogP contribution in [0, 0.1) is 23.7 Å². The van der Waals surface area contributed by atoms with Crippen LogP contribution in [0.5, 0.6) is 0 Å². The van der Waals surface area contributed by atoms with E-state index in [-0.39, 0.29) is 16.2 Å². The number of rotatable bonds is 4. The van der Waals surface area contributed by atoms with E-state index in [1.165, 1.54) is 116 Å². The van der Waals surface area contributed by atoms with Crippen molar-refractivity contribution >= 4 is 28.7 Å². The minimum Gasteiger partial charge on any atom is -0.310 e. The Balaban J connectivity index is 0.938. The zero-order chi connectivity index (χ0) is 40.3. The lowest BCUT2D eigenvalue weighted by Gasteiger charge is -2.61. The van der Waals surface area contributed by atoms with E-state index in [9.17, 15) is 0 Å². The van der Waals surface area contributed by atoms with Gasteiger partial charge in [-0.3, -0.25) is 0 Å². The number of nitrogens with zero attached hydrogens (tertiary/aromatic N) is 1. The Morgan fingerprint density at radius 1 is 0.417 bits per heavy atom. The fourth-order valence-corrected chi connectivity index (χ4v) is 14.6. The van der Waals surface area contributed by atoms with Crippen LogP contribution >= 0.6 is 11.6 Å². The van der Waals surface area contributed by atoms with Gasteiger partial charge in [0.2, 0.25) is 0 Å². The molecule has 4 saturated carbocycles. The van der Waals surface area contributed by atoms with Gasteiger partial charge in [-0.2, -0.15) is 0 Å². The average molecular weight is 796 g/mol. The molecule has 1 spiro atoms. The van der Waals surface area contributed by atoms with E-state index in [1.807, 2.05) is 0 Å². The van der Waals surface area contributed by atoms with E-state index < -0.39 is 0 Å². The Kier molecular flexibility index (Phi) is 7.16. The summed E-state index contributed by atoms with van der Waals surface area (Å²) in [7, 11) is 0. The highest BCUT2D eigenvalue weighted by atomic mass is 35.5. The van der Waals surface area contributed by atoms with E-state index in [0.717, 1.165) is 22.5 Å². The summed E-state index contributed by atoms with van der Waals surface area (Å²) in [5.74, 6) is 3.22. The second-order valence-electron chi connectivity index (χ2n) is 20.3. The monoisotopic (exact) mass is 795 g/mol. The predicted octanol–water partition coefficient (Wildman–Crippen LogP) is 15.8. The number of benzene rings is 7. The van der Waals surface area contributed by atoms with Gasteiger partial charge >= 0.3 is 0 Å². The van der Waals surface area contributed by atoms with E-state index in [2.05, 4.69) is 178 Å². The van der Waals surface area contributed by atoms with Gasteiger partial charge in [0.25, 0.3) is 0 Å². The summed E-state index contributed by atoms with van der Waals surface area (Å²) >= 11 is 7.13. The van der Waals surface area contributed by atoms with Crippen molar-refractivity contribution in [3.8, 4) is 44.5 Å². The van der Waals surface area contributed by atoms with Crippen molar-refractivity contribution in [3.63, 3.8) is 0 Å². The van der Waals surface area contributed by atoms with Gasteiger partial charge in [0, 0.05) is 43.9 Å². The third-order valence-electron chi connectivity index (χ3n) is 16.7. The average Bonchev–Trinajstić information content (AvgIpc) is 3.78. The summed E-state index contributed by atoms with van der Waals surface area (Å²) in [6.45, 7) is 9.52. The third kappa shape index (κ3) is 4.55. The maximum absolute atomic E-state index is 7.13. The molecule has 60 heavy (non-hydrogen) atoms. The quantitative estimate of drug-likeness (QED) is 0.171. The fourth-order valence-electron chi connectivity index (χ4n) is 14.3. The lowest BCUT2D eigenvalue weighted by Crippen LogP contribution is -2.55. The maximum atomic E-state index is 7.13. The molecule has 4 fully saturated rings. The standard InChI is InChI=1S/C58H50ClN/c1-56(2)48-12-7-5-10-43(48)45-24-21-41(32-51(45)56)60(42-22-25-46-44-11-6-8-13-49(44)57(3,4)52(46)33-42)40-19-16-36(17-20-40)37-18-23-47-53(31-37)58(50-14-9-15-54(59)55(47)50)38-27-34-26-35(29-38)30-39(58)28-34/h5-25,31-35,38-39H,26-30H2,1-4H3. The minimum atomic E-state index is -0.0921. The highest BCUT2D eigenvalue weighted by molar-refractivity contribution is 6.34. The number of hydrogen-bond donors (Lipinski definition) is 0. The highest BCUT2D eigenvalue weighted by Crippen LogP contribution is 2.70. The first-order valence-corrected chi connectivity index (χ1v) is 22.8. The van der Waals surface area contributed by atoms with E-state index in [0.29, 0.717) is 11.8 Å². The normalized spacial score (nSPS) is 24.8. The molecule has 0 aromatic heterocycles. The van der Waals surface area contributed by atoms with Crippen LogP contribution < -0.4 is 4.90 Å². The van der Waals surface area contributed by atoms with Crippen LogP contribution in [0.4, 0.5) is 17.1 Å². The highest BCUT2D eigenvalue weighted by Gasteiger charge is 2.61. The van der Waals surface area contributed by atoms with Crippen LogP contribution in [0.2, 0.25) is 5.02 Å². The Bertz CT molecular complexity index is 2830. The zero-order valence-corrected chi connectivity index (χ0v) is 35.8. The minimum absolute atomic E-state index is 0.0811. The van der Waals surface area contributed by atoms with Gasteiger partial charge in [-0.15, -0.1) is 0 Å². The Morgan fingerprint density at radius 2 is 0.900 bits per heavy atom. The van der Waals surface area contributed by atoms with Crippen molar-refractivity contribution in [3.05, 3.63) is 184 Å². The van der Waals surface area contributed by atoms with Gasteiger partial charge in [-0.25, -0.2) is 0 Å². The van der Waals surface area contributed by atoms with Crippen molar-refractivity contribution in [1.82, 2.24) is 0 Å². The van der Waals surface area contributed by atoms with Crippen LogP contribution in [0.15, 0.2) is 146 Å². The fraction of sp³-hybridized carbons (Fsp3) is 0.276. The summed E-state index contributed by atoms with van der Waals surface area (Å²) in [6, 6.07) is 55.8. The molecule has 2 heteroatoms. The largest absolute Gasteiger partial charge is 0.310 e. The Morgan fingerprint density at radius 3 is 1.48 bits per heavy atom.